The van der Waals surface area contributed by atoms with Crippen molar-refractivity contribution in [3.63, 3.8) is 0 Å². The van der Waals surface area contributed by atoms with Crippen molar-refractivity contribution in [1.29, 1.82) is 0 Å². The molecule has 0 bridgehead atoms. The number of benzene rings is 2. The van der Waals surface area contributed by atoms with Gasteiger partial charge in [0.15, 0.2) is 18.3 Å². The molecule has 0 radical (unpaired) electrons. The summed E-state index contributed by atoms with van der Waals surface area (Å²) in [5, 5.41) is 0. The summed E-state index contributed by atoms with van der Waals surface area (Å²) in [7, 11) is 0. The first kappa shape index (κ1) is 29.3. The lowest BCUT2D eigenvalue weighted by molar-refractivity contribution is -0.195. The molecule has 0 saturated carbocycles. The molecule has 0 saturated heterocycles. The van der Waals surface area contributed by atoms with Crippen LogP contribution in [0.4, 0.5) is 0 Å². The summed E-state index contributed by atoms with van der Waals surface area (Å²) in [5.41, 5.74) is 0. The maximum absolute atomic E-state index is 12.3. The van der Waals surface area contributed by atoms with Gasteiger partial charge in [-0.3, -0.25) is 19.2 Å². The molecule has 2 rings (SSSR count). The van der Waals surface area contributed by atoms with Crippen LogP contribution in [0.5, 0.6) is 0 Å². The molecule has 36 heavy (non-hydrogen) atoms. The van der Waals surface area contributed by atoms with Crippen molar-refractivity contribution in [2.75, 3.05) is 0 Å². The van der Waals surface area contributed by atoms with E-state index in [-0.39, 0.29) is 0 Å². The van der Waals surface area contributed by atoms with Gasteiger partial charge in [-0.1, -0.05) is 36.4 Å². The molecule has 4 atom stereocenters. The number of ether oxygens (including phenoxy) is 4. The number of thioether (sulfide) groups is 2. The molecule has 2 aromatic carbocycles. The Morgan fingerprint density at radius 3 is 1.31 bits per heavy atom. The number of hydrogen-bond acceptors (Lipinski definition) is 10. The van der Waals surface area contributed by atoms with E-state index in [1.807, 2.05) is 60.7 Å². The van der Waals surface area contributed by atoms with Gasteiger partial charge in [-0.2, -0.15) is 0 Å². The third-order valence-electron chi connectivity index (χ3n) is 4.63. The Bertz CT molecular complexity index is 974. The molecule has 194 valence electrons. The lowest BCUT2D eigenvalue weighted by Gasteiger charge is -2.37. The topological polar surface area (TPSA) is 105 Å². The number of esters is 4. The fraction of sp³-hybridized carbons (Fsp3) is 0.385. The Kier molecular flexibility index (Phi) is 11.8. The Morgan fingerprint density at radius 2 is 0.917 bits per heavy atom. The van der Waals surface area contributed by atoms with Gasteiger partial charge in [-0.25, -0.2) is 0 Å². The minimum Gasteiger partial charge on any atom is -0.459 e. The van der Waals surface area contributed by atoms with Crippen LogP contribution >= 0.6 is 23.5 Å². The Hall–Kier alpha value is -2.98. The molecule has 0 fully saturated rings. The lowest BCUT2D eigenvalue weighted by atomic mass is 10.0. The van der Waals surface area contributed by atoms with Gasteiger partial charge in [0.2, 0.25) is 0 Å². The van der Waals surface area contributed by atoms with Crippen LogP contribution in [0.25, 0.3) is 0 Å². The van der Waals surface area contributed by atoms with Gasteiger partial charge in [0.1, 0.15) is 10.7 Å². The largest absolute Gasteiger partial charge is 0.459 e. The van der Waals surface area contributed by atoms with E-state index in [4.69, 9.17) is 18.9 Å². The second-order valence-corrected chi connectivity index (χ2v) is 10.5. The van der Waals surface area contributed by atoms with Crippen LogP contribution in [0, 0.1) is 0 Å². The zero-order chi connectivity index (χ0) is 26.7. The Labute approximate surface area is 219 Å². The van der Waals surface area contributed by atoms with E-state index in [9.17, 15) is 19.2 Å². The normalized spacial score (nSPS) is 14.2. The molecule has 0 amide bonds. The molecule has 10 heteroatoms. The fourth-order valence-corrected chi connectivity index (χ4v) is 6.07. The van der Waals surface area contributed by atoms with Crippen LogP contribution in [0.3, 0.4) is 0 Å². The molecular formula is C26H30O8S2. The van der Waals surface area contributed by atoms with E-state index in [1.54, 1.807) is 0 Å². The first-order valence-corrected chi connectivity index (χ1v) is 12.9. The minimum atomic E-state index is -1.28. The van der Waals surface area contributed by atoms with Crippen molar-refractivity contribution in [3.05, 3.63) is 60.7 Å². The standard InChI is InChI=1S/C26H30O8S2/c1-16(31-17(2)27)23(32-18(3)28)24(33-19(4)29)25(34-20(5)30)26(35-21-12-8-6-9-13-21)36-22-14-10-7-11-15-22/h6-16,23-26H,1-5H3/t16-,23-,24+,25+/m0/s1. The van der Waals surface area contributed by atoms with E-state index in [0.717, 1.165) is 9.79 Å². The highest BCUT2D eigenvalue weighted by Gasteiger charge is 2.45. The minimum absolute atomic E-state index is 0.550. The number of rotatable bonds is 12. The molecular weight excluding hydrogens is 504 g/mol. The smallest absolute Gasteiger partial charge is 0.303 e. The highest BCUT2D eigenvalue weighted by Crippen LogP contribution is 2.41. The average Bonchev–Trinajstić information content (AvgIpc) is 2.80. The number of carbonyl (C=O) groups is 4. The molecule has 0 heterocycles. The van der Waals surface area contributed by atoms with Gasteiger partial charge < -0.3 is 18.9 Å². The molecule has 0 spiro atoms. The predicted octanol–water partition coefficient (Wildman–Crippen LogP) is 4.64. The highest BCUT2D eigenvalue weighted by atomic mass is 32.2. The third-order valence-corrected chi connectivity index (χ3v) is 7.29. The lowest BCUT2D eigenvalue weighted by Crippen LogP contribution is -2.53. The zero-order valence-electron chi connectivity index (χ0n) is 20.7. The monoisotopic (exact) mass is 534 g/mol. The molecule has 8 nitrogen and oxygen atoms in total. The fourth-order valence-electron chi connectivity index (χ4n) is 3.36. The highest BCUT2D eigenvalue weighted by molar-refractivity contribution is 8.17. The first-order chi connectivity index (χ1) is 17.1. The van der Waals surface area contributed by atoms with Crippen molar-refractivity contribution >= 4 is 47.4 Å². The Balaban J connectivity index is 2.60. The van der Waals surface area contributed by atoms with E-state index >= 15 is 0 Å². The van der Waals surface area contributed by atoms with Gasteiger partial charge >= 0.3 is 23.9 Å². The van der Waals surface area contributed by atoms with Crippen LogP contribution in [0.2, 0.25) is 0 Å². The van der Waals surface area contributed by atoms with Gasteiger partial charge in [0.25, 0.3) is 0 Å². The molecule has 0 aliphatic carbocycles. The maximum atomic E-state index is 12.3. The molecule has 0 unspecified atom stereocenters. The predicted molar refractivity (Wildman–Crippen MR) is 136 cm³/mol. The molecule has 0 aromatic heterocycles. The average molecular weight is 535 g/mol. The summed E-state index contributed by atoms with van der Waals surface area (Å²) in [6.07, 6.45) is -4.61. The molecule has 0 N–H and O–H groups in total. The van der Waals surface area contributed by atoms with Gasteiger partial charge in [0, 0.05) is 37.5 Å². The van der Waals surface area contributed by atoms with Crippen LogP contribution in [0.1, 0.15) is 34.6 Å². The zero-order valence-corrected chi connectivity index (χ0v) is 22.4. The van der Waals surface area contributed by atoms with Crippen LogP contribution in [-0.4, -0.2) is 52.9 Å². The SMILES string of the molecule is CC(=O)O[C@H]([C@@H](OC(C)=O)[C@@H](OC(C)=O)C(Sc1ccccc1)Sc1ccccc1)[C@H](C)OC(C)=O. The van der Waals surface area contributed by atoms with Gasteiger partial charge in [0.05, 0.1) is 0 Å². The Morgan fingerprint density at radius 1 is 0.556 bits per heavy atom. The van der Waals surface area contributed by atoms with E-state index < -0.39 is 52.9 Å². The third kappa shape index (κ3) is 9.94. The summed E-state index contributed by atoms with van der Waals surface area (Å²) < 4.78 is 21.6. The summed E-state index contributed by atoms with van der Waals surface area (Å²) in [6, 6.07) is 18.9. The van der Waals surface area contributed by atoms with Crippen molar-refractivity contribution in [2.24, 2.45) is 0 Å². The first-order valence-electron chi connectivity index (χ1n) is 11.2. The van der Waals surface area contributed by atoms with Gasteiger partial charge in [-0.15, -0.1) is 23.5 Å². The molecule has 2 aromatic rings. The van der Waals surface area contributed by atoms with Crippen molar-refractivity contribution in [1.82, 2.24) is 0 Å². The number of carbonyl (C=O) groups excluding carboxylic acids is 4. The maximum Gasteiger partial charge on any atom is 0.303 e. The molecule has 0 aliphatic heterocycles. The van der Waals surface area contributed by atoms with E-state index in [2.05, 4.69) is 0 Å². The van der Waals surface area contributed by atoms with Crippen molar-refractivity contribution < 1.29 is 38.1 Å². The van der Waals surface area contributed by atoms with Crippen molar-refractivity contribution in [2.45, 2.75) is 73.4 Å². The second-order valence-electron chi connectivity index (χ2n) is 7.77. The summed E-state index contributed by atoms with van der Waals surface area (Å²) in [4.78, 5) is 49.9. The van der Waals surface area contributed by atoms with Gasteiger partial charge in [-0.05, 0) is 31.2 Å². The summed E-state index contributed by atoms with van der Waals surface area (Å²) in [5.74, 6) is -2.59. The number of hydrogen-bond donors (Lipinski definition) is 0. The van der Waals surface area contributed by atoms with E-state index in [1.165, 1.54) is 58.1 Å². The molecule has 0 aliphatic rings. The van der Waals surface area contributed by atoms with E-state index in [0.29, 0.717) is 0 Å². The van der Waals surface area contributed by atoms with Crippen LogP contribution in [-0.2, 0) is 38.1 Å². The quantitative estimate of drug-likeness (QED) is 0.165. The van der Waals surface area contributed by atoms with Crippen LogP contribution < -0.4 is 0 Å². The summed E-state index contributed by atoms with van der Waals surface area (Å²) >= 11 is 2.79. The second kappa shape index (κ2) is 14.5. The summed E-state index contributed by atoms with van der Waals surface area (Å²) in [6.45, 7) is 6.35. The van der Waals surface area contributed by atoms with Crippen molar-refractivity contribution in [3.8, 4) is 0 Å². The van der Waals surface area contributed by atoms with Crippen LogP contribution in [0.15, 0.2) is 70.5 Å².